The van der Waals surface area contributed by atoms with Crippen molar-refractivity contribution in [2.75, 3.05) is 0 Å². The van der Waals surface area contributed by atoms with E-state index in [0.29, 0.717) is 16.5 Å². The number of hydrogen-bond acceptors (Lipinski definition) is 8. The van der Waals surface area contributed by atoms with E-state index in [4.69, 9.17) is 17.8 Å². The van der Waals surface area contributed by atoms with Crippen LogP contribution >= 0.6 is 0 Å². The molecule has 8 nitrogen and oxygen atoms in total. The van der Waals surface area contributed by atoms with Crippen molar-refractivity contribution in [2.24, 2.45) is 0 Å². The summed E-state index contributed by atoms with van der Waals surface area (Å²) in [6, 6.07) is 12.4. The molecule has 2 aromatic carbocycles. The zero-order valence-corrected chi connectivity index (χ0v) is 19.1. The molecule has 0 bridgehead atoms. The van der Waals surface area contributed by atoms with Crippen LogP contribution in [0.3, 0.4) is 0 Å². The number of fused-ring (bicyclic) bond motifs is 1. The molecule has 0 saturated heterocycles. The molecule has 0 unspecified atom stereocenters. The topological polar surface area (TPSA) is 113 Å². The molecule has 170 valence electrons. The number of benzene rings is 2. The molecule has 0 aliphatic heterocycles. The van der Waals surface area contributed by atoms with Gasteiger partial charge in [0.25, 0.3) is 0 Å². The summed E-state index contributed by atoms with van der Waals surface area (Å²) >= 11 is 0. The van der Waals surface area contributed by atoms with Crippen LogP contribution in [0.5, 0.6) is 11.5 Å². The lowest BCUT2D eigenvalue weighted by Gasteiger charge is -2.10. The van der Waals surface area contributed by atoms with Crippen LogP contribution in [0.4, 0.5) is 0 Å². The highest BCUT2D eigenvalue weighted by Gasteiger charge is 2.22. The summed E-state index contributed by atoms with van der Waals surface area (Å²) < 4.78 is 46.8. The number of hydrogen-bond donors (Lipinski definition) is 0. The van der Waals surface area contributed by atoms with Gasteiger partial charge in [0.15, 0.2) is 11.5 Å². The Bertz CT molecular complexity index is 1540. The van der Waals surface area contributed by atoms with Gasteiger partial charge in [-0.15, -0.1) is 0 Å². The first-order valence-corrected chi connectivity index (χ1v) is 11.3. The van der Waals surface area contributed by atoms with E-state index in [-0.39, 0.29) is 33.5 Å². The summed E-state index contributed by atoms with van der Waals surface area (Å²) in [5.41, 5.74) is 1.26. The molecule has 4 aromatic rings. The number of rotatable bonds is 5. The van der Waals surface area contributed by atoms with E-state index in [1.165, 1.54) is 38.1 Å². The standard InChI is InChI=1S/C24H20O8S/c1-13-5-8-19(9-6-13)33(27,28)32-18-7-10-20-17(11-18)12-21(30-20)23-14(2)22(29-16(4)25)15(3)24(26)31-23/h5-12H,1-4H3. The molecule has 4 rings (SSSR count). The first kappa shape index (κ1) is 22.3. The molecule has 0 radical (unpaired) electrons. The Balaban J connectivity index is 1.72. The van der Waals surface area contributed by atoms with E-state index in [1.807, 2.05) is 6.92 Å². The molecular formula is C24H20O8S. The summed E-state index contributed by atoms with van der Waals surface area (Å²) in [6.07, 6.45) is 0. The average molecular weight is 468 g/mol. The molecule has 0 atom stereocenters. The molecular weight excluding hydrogens is 448 g/mol. The fraction of sp³-hybridized carbons (Fsp3) is 0.167. The van der Waals surface area contributed by atoms with Crippen molar-refractivity contribution in [3.05, 3.63) is 75.6 Å². The third-order valence-electron chi connectivity index (χ3n) is 5.00. The van der Waals surface area contributed by atoms with Gasteiger partial charge in [-0.05, 0) is 57.2 Å². The molecule has 0 fully saturated rings. The summed E-state index contributed by atoms with van der Waals surface area (Å²) in [5, 5.41) is 0.526. The summed E-state index contributed by atoms with van der Waals surface area (Å²) in [6.45, 7) is 6.23. The van der Waals surface area contributed by atoms with Gasteiger partial charge < -0.3 is 17.8 Å². The quantitative estimate of drug-likeness (QED) is 0.307. The van der Waals surface area contributed by atoms with Crippen LogP contribution in [0.15, 0.2) is 67.1 Å². The number of carbonyl (C=O) groups excluding carboxylic acids is 1. The average Bonchev–Trinajstić information content (AvgIpc) is 3.16. The fourth-order valence-corrected chi connectivity index (χ4v) is 4.24. The highest BCUT2D eigenvalue weighted by atomic mass is 32.2. The predicted octanol–water partition coefficient (Wildman–Crippen LogP) is 4.67. The van der Waals surface area contributed by atoms with Crippen molar-refractivity contribution < 1.29 is 31.0 Å². The first-order valence-electron chi connectivity index (χ1n) is 9.93. The van der Waals surface area contributed by atoms with Crippen LogP contribution in [-0.2, 0) is 14.9 Å². The Morgan fingerprint density at radius 1 is 0.909 bits per heavy atom. The zero-order valence-electron chi connectivity index (χ0n) is 18.3. The van der Waals surface area contributed by atoms with Gasteiger partial charge in [-0.1, -0.05) is 17.7 Å². The minimum atomic E-state index is -4.02. The number of aryl methyl sites for hydroxylation is 1. The van der Waals surface area contributed by atoms with E-state index >= 15 is 0 Å². The van der Waals surface area contributed by atoms with Crippen LogP contribution in [0.25, 0.3) is 22.5 Å². The predicted molar refractivity (Wildman–Crippen MR) is 120 cm³/mol. The largest absolute Gasteiger partial charge is 0.453 e. The van der Waals surface area contributed by atoms with Gasteiger partial charge in [0.2, 0.25) is 0 Å². The lowest BCUT2D eigenvalue weighted by atomic mass is 10.1. The van der Waals surface area contributed by atoms with Crippen LogP contribution in [0, 0.1) is 20.8 Å². The van der Waals surface area contributed by atoms with Gasteiger partial charge in [-0.2, -0.15) is 8.42 Å². The summed E-state index contributed by atoms with van der Waals surface area (Å²) in [5.74, 6) is -0.0428. The van der Waals surface area contributed by atoms with Crippen molar-refractivity contribution in [1.29, 1.82) is 0 Å². The lowest BCUT2D eigenvalue weighted by molar-refractivity contribution is -0.132. The number of esters is 1. The fourth-order valence-electron chi connectivity index (χ4n) is 3.32. The molecule has 0 aliphatic carbocycles. The highest BCUT2D eigenvalue weighted by Crippen LogP contribution is 2.35. The van der Waals surface area contributed by atoms with E-state index in [2.05, 4.69) is 0 Å². The van der Waals surface area contributed by atoms with E-state index in [1.54, 1.807) is 31.2 Å². The molecule has 2 aromatic heterocycles. The molecule has 33 heavy (non-hydrogen) atoms. The van der Waals surface area contributed by atoms with Gasteiger partial charge in [0.05, 0.1) is 5.56 Å². The van der Waals surface area contributed by atoms with Crippen molar-refractivity contribution in [2.45, 2.75) is 32.6 Å². The Labute approximate surface area is 189 Å². The Kier molecular flexibility index (Phi) is 5.59. The second kappa shape index (κ2) is 8.25. The lowest BCUT2D eigenvalue weighted by Crippen LogP contribution is -2.12. The monoisotopic (exact) mass is 468 g/mol. The number of ether oxygens (including phenoxy) is 1. The van der Waals surface area contributed by atoms with Gasteiger partial charge in [-0.25, -0.2) is 4.79 Å². The molecule has 0 spiro atoms. The zero-order chi connectivity index (χ0) is 23.9. The Hall–Kier alpha value is -3.85. The highest BCUT2D eigenvalue weighted by molar-refractivity contribution is 7.87. The van der Waals surface area contributed by atoms with E-state index in [0.717, 1.165) is 5.56 Å². The van der Waals surface area contributed by atoms with Gasteiger partial charge in [0.1, 0.15) is 22.0 Å². The SMILES string of the molecule is CC(=O)Oc1c(C)c(-c2cc3cc(OS(=O)(=O)c4ccc(C)cc4)ccc3o2)oc(=O)c1C. The minimum absolute atomic E-state index is 0.0381. The van der Waals surface area contributed by atoms with Gasteiger partial charge >= 0.3 is 21.7 Å². The van der Waals surface area contributed by atoms with Crippen molar-refractivity contribution >= 4 is 27.1 Å². The third-order valence-corrected chi connectivity index (χ3v) is 6.26. The van der Waals surface area contributed by atoms with Crippen molar-refractivity contribution in [3.63, 3.8) is 0 Å². The third kappa shape index (κ3) is 4.40. The first-order chi connectivity index (χ1) is 15.5. The smallest absolute Gasteiger partial charge is 0.343 e. The second-order valence-electron chi connectivity index (χ2n) is 7.55. The summed E-state index contributed by atoms with van der Waals surface area (Å²) in [4.78, 5) is 23.7. The minimum Gasteiger partial charge on any atom is -0.453 e. The maximum Gasteiger partial charge on any atom is 0.343 e. The Morgan fingerprint density at radius 2 is 1.61 bits per heavy atom. The molecule has 2 heterocycles. The molecule has 0 amide bonds. The number of carbonyl (C=O) groups is 1. The molecule has 0 aliphatic rings. The molecule has 0 N–H and O–H groups in total. The van der Waals surface area contributed by atoms with Crippen molar-refractivity contribution in [3.8, 4) is 23.0 Å². The van der Waals surface area contributed by atoms with Crippen LogP contribution in [-0.4, -0.2) is 14.4 Å². The van der Waals surface area contributed by atoms with Gasteiger partial charge in [0, 0.05) is 17.9 Å². The second-order valence-corrected chi connectivity index (χ2v) is 9.10. The number of furan rings is 1. The van der Waals surface area contributed by atoms with Crippen LogP contribution in [0.1, 0.15) is 23.6 Å². The molecule has 0 saturated carbocycles. The molecule has 9 heteroatoms. The maximum absolute atomic E-state index is 12.6. The van der Waals surface area contributed by atoms with Crippen LogP contribution < -0.4 is 14.5 Å². The van der Waals surface area contributed by atoms with Crippen molar-refractivity contribution in [1.82, 2.24) is 0 Å². The maximum atomic E-state index is 12.6. The Morgan fingerprint density at radius 3 is 2.27 bits per heavy atom. The van der Waals surface area contributed by atoms with E-state index in [9.17, 15) is 18.0 Å². The summed E-state index contributed by atoms with van der Waals surface area (Å²) in [7, 11) is -4.02. The normalized spacial score (nSPS) is 11.5. The van der Waals surface area contributed by atoms with E-state index < -0.39 is 21.7 Å². The van der Waals surface area contributed by atoms with Gasteiger partial charge in [-0.3, -0.25) is 4.79 Å². The van der Waals surface area contributed by atoms with Crippen LogP contribution in [0.2, 0.25) is 0 Å².